The van der Waals surface area contributed by atoms with Gasteiger partial charge in [0.2, 0.25) is 5.91 Å². The summed E-state index contributed by atoms with van der Waals surface area (Å²) in [6, 6.07) is -0.0156. The van der Waals surface area contributed by atoms with Gasteiger partial charge < -0.3 is 5.73 Å². The fourth-order valence-electron chi connectivity index (χ4n) is 1.74. The Hall–Kier alpha value is -1.53. The molecule has 2 atom stereocenters. The molecule has 1 aliphatic rings. The first-order valence-electron chi connectivity index (χ1n) is 5.01. The number of aromatic nitrogens is 3. The third-order valence-electron chi connectivity index (χ3n) is 2.73. The van der Waals surface area contributed by atoms with Crippen LogP contribution in [0, 0.1) is 5.92 Å². The lowest BCUT2D eigenvalue weighted by molar-refractivity contribution is -0.117. The Balaban J connectivity index is 2.32. The number of nitrogens with zero attached hydrogens (tertiary/aromatic N) is 3. The van der Waals surface area contributed by atoms with Crippen LogP contribution in [0.2, 0.25) is 0 Å². The molecule has 7 heteroatoms. The van der Waals surface area contributed by atoms with Gasteiger partial charge in [-0.25, -0.2) is 13.5 Å². The van der Waals surface area contributed by atoms with Crippen LogP contribution >= 0.6 is 0 Å². The summed E-state index contributed by atoms with van der Waals surface area (Å²) in [6.45, 7) is 1.95. The summed E-state index contributed by atoms with van der Waals surface area (Å²) in [7, 11) is 0. The van der Waals surface area contributed by atoms with Crippen LogP contribution in [0.3, 0.4) is 0 Å². The Kier molecular flexibility index (Phi) is 2.61. The first kappa shape index (κ1) is 11.0. The second kappa shape index (κ2) is 3.80. The van der Waals surface area contributed by atoms with Crippen LogP contribution in [0.25, 0.3) is 0 Å². The maximum absolute atomic E-state index is 12.8. The molecule has 1 fully saturated rings. The maximum Gasteiger partial charge on any atom is 0.281 e. The molecule has 0 bridgehead atoms. The van der Waals surface area contributed by atoms with E-state index in [0.29, 0.717) is 5.92 Å². The van der Waals surface area contributed by atoms with Crippen LogP contribution in [-0.2, 0) is 11.2 Å². The van der Waals surface area contributed by atoms with Crippen molar-refractivity contribution in [1.82, 2.24) is 15.0 Å². The predicted molar refractivity (Wildman–Crippen MR) is 50.7 cm³/mol. The molecule has 16 heavy (non-hydrogen) atoms. The van der Waals surface area contributed by atoms with E-state index in [-0.39, 0.29) is 23.9 Å². The molecule has 1 aliphatic carbocycles. The molecule has 0 aliphatic heterocycles. The molecule has 1 heterocycles. The standard InChI is InChI=1S/C9H12F2N4O/c1-4-2-6(4)15-8(9(10)11)5(13-14-15)3-7(12)16/h4,6,9H,2-3H2,1H3,(H2,12,16). The van der Waals surface area contributed by atoms with Gasteiger partial charge in [-0.15, -0.1) is 5.10 Å². The van der Waals surface area contributed by atoms with Crippen molar-refractivity contribution in [2.45, 2.75) is 32.2 Å². The van der Waals surface area contributed by atoms with Crippen molar-refractivity contribution in [1.29, 1.82) is 0 Å². The summed E-state index contributed by atoms with van der Waals surface area (Å²) in [5.41, 5.74) is 4.68. The van der Waals surface area contributed by atoms with Gasteiger partial charge in [0.25, 0.3) is 6.43 Å². The van der Waals surface area contributed by atoms with E-state index in [9.17, 15) is 13.6 Å². The van der Waals surface area contributed by atoms with Gasteiger partial charge in [-0.3, -0.25) is 4.79 Å². The third-order valence-corrected chi connectivity index (χ3v) is 2.73. The van der Waals surface area contributed by atoms with Gasteiger partial charge in [0.1, 0.15) is 11.4 Å². The lowest BCUT2D eigenvalue weighted by atomic mass is 10.2. The fraction of sp³-hybridized carbons (Fsp3) is 0.667. The highest BCUT2D eigenvalue weighted by molar-refractivity contribution is 5.76. The molecule has 88 valence electrons. The Bertz CT molecular complexity index is 418. The van der Waals surface area contributed by atoms with E-state index in [1.807, 2.05) is 6.92 Å². The number of halogens is 2. The number of hydrogen-bond acceptors (Lipinski definition) is 3. The summed E-state index contributed by atoms with van der Waals surface area (Å²) in [4.78, 5) is 10.7. The molecule has 5 nitrogen and oxygen atoms in total. The van der Waals surface area contributed by atoms with Crippen LogP contribution in [0.5, 0.6) is 0 Å². The fourth-order valence-corrected chi connectivity index (χ4v) is 1.74. The average molecular weight is 230 g/mol. The molecule has 2 rings (SSSR count). The van der Waals surface area contributed by atoms with Gasteiger partial charge in [-0.1, -0.05) is 12.1 Å². The number of carbonyl (C=O) groups is 1. The van der Waals surface area contributed by atoms with Crippen molar-refractivity contribution in [2.24, 2.45) is 11.7 Å². The molecule has 0 aromatic carbocycles. The summed E-state index contributed by atoms with van der Waals surface area (Å²) in [6.07, 6.45) is -2.16. The average Bonchev–Trinajstić information content (AvgIpc) is 2.74. The zero-order chi connectivity index (χ0) is 11.9. The van der Waals surface area contributed by atoms with Crippen molar-refractivity contribution in [3.63, 3.8) is 0 Å². The second-order valence-corrected chi connectivity index (χ2v) is 4.09. The predicted octanol–water partition coefficient (Wildman–Crippen LogP) is 0.824. The highest BCUT2D eigenvalue weighted by atomic mass is 19.3. The smallest absolute Gasteiger partial charge is 0.281 e. The van der Waals surface area contributed by atoms with Crippen LogP contribution in [0.1, 0.15) is 37.2 Å². The zero-order valence-electron chi connectivity index (χ0n) is 8.73. The largest absolute Gasteiger partial charge is 0.369 e. The number of rotatable bonds is 4. The number of amides is 1. The number of nitrogens with two attached hydrogens (primary N) is 1. The molecule has 2 N–H and O–H groups in total. The molecular formula is C9H12F2N4O. The van der Waals surface area contributed by atoms with Crippen LogP contribution in [0.15, 0.2) is 0 Å². The lowest BCUT2D eigenvalue weighted by Gasteiger charge is -2.05. The third kappa shape index (κ3) is 1.89. The topological polar surface area (TPSA) is 73.8 Å². The van der Waals surface area contributed by atoms with Gasteiger partial charge in [0, 0.05) is 0 Å². The SMILES string of the molecule is CC1CC1n1nnc(CC(N)=O)c1C(F)F. The first-order chi connectivity index (χ1) is 7.50. The molecule has 1 aromatic heterocycles. The minimum absolute atomic E-state index is 0.0124. The van der Waals surface area contributed by atoms with Crippen LogP contribution in [-0.4, -0.2) is 20.9 Å². The Labute approximate surface area is 90.6 Å². The highest BCUT2D eigenvalue weighted by Gasteiger charge is 2.39. The van der Waals surface area contributed by atoms with Crippen molar-refractivity contribution in [2.75, 3.05) is 0 Å². The number of alkyl halides is 2. The molecule has 1 aromatic rings. The van der Waals surface area contributed by atoms with E-state index < -0.39 is 12.3 Å². The molecule has 1 amide bonds. The second-order valence-electron chi connectivity index (χ2n) is 4.09. The molecule has 0 saturated heterocycles. The van der Waals surface area contributed by atoms with Crippen LogP contribution in [0.4, 0.5) is 8.78 Å². The van der Waals surface area contributed by atoms with Crippen molar-refractivity contribution in [3.8, 4) is 0 Å². The zero-order valence-corrected chi connectivity index (χ0v) is 8.73. The van der Waals surface area contributed by atoms with E-state index >= 15 is 0 Å². The van der Waals surface area contributed by atoms with Crippen molar-refractivity contribution in [3.05, 3.63) is 11.4 Å². The number of primary amides is 1. The summed E-state index contributed by atoms with van der Waals surface area (Å²) < 4.78 is 26.9. The monoisotopic (exact) mass is 230 g/mol. The minimum atomic E-state index is -2.68. The van der Waals surface area contributed by atoms with Gasteiger partial charge in [-0.05, 0) is 12.3 Å². The Morgan fingerprint density at radius 3 is 2.75 bits per heavy atom. The highest BCUT2D eigenvalue weighted by Crippen LogP contribution is 2.44. The summed E-state index contributed by atoms with van der Waals surface area (Å²) in [5, 5.41) is 7.29. The quantitative estimate of drug-likeness (QED) is 0.832. The molecule has 1 saturated carbocycles. The van der Waals surface area contributed by atoms with Crippen molar-refractivity contribution >= 4 is 5.91 Å². The first-order valence-corrected chi connectivity index (χ1v) is 5.01. The maximum atomic E-state index is 12.8. The van der Waals surface area contributed by atoms with Crippen LogP contribution < -0.4 is 5.73 Å². The van der Waals surface area contributed by atoms with E-state index in [2.05, 4.69) is 10.3 Å². The summed E-state index contributed by atoms with van der Waals surface area (Å²) in [5.74, 6) is -0.349. The minimum Gasteiger partial charge on any atom is -0.369 e. The molecule has 0 spiro atoms. The van der Waals surface area contributed by atoms with E-state index in [0.717, 1.165) is 6.42 Å². The van der Waals surface area contributed by atoms with E-state index in [1.165, 1.54) is 4.68 Å². The van der Waals surface area contributed by atoms with E-state index in [4.69, 9.17) is 5.73 Å². The normalized spacial score (nSPS) is 23.8. The summed E-state index contributed by atoms with van der Waals surface area (Å²) >= 11 is 0. The van der Waals surface area contributed by atoms with E-state index in [1.54, 1.807) is 0 Å². The molecule has 0 radical (unpaired) electrons. The lowest BCUT2D eigenvalue weighted by Crippen LogP contribution is -2.15. The molecule has 2 unspecified atom stereocenters. The van der Waals surface area contributed by atoms with Gasteiger partial charge in [0.05, 0.1) is 12.5 Å². The van der Waals surface area contributed by atoms with Gasteiger partial charge >= 0.3 is 0 Å². The van der Waals surface area contributed by atoms with Gasteiger partial charge in [0.15, 0.2) is 0 Å². The Morgan fingerprint density at radius 1 is 1.69 bits per heavy atom. The number of carbonyl (C=O) groups excluding carboxylic acids is 1. The number of hydrogen-bond donors (Lipinski definition) is 1. The Morgan fingerprint density at radius 2 is 2.31 bits per heavy atom. The molecular weight excluding hydrogens is 218 g/mol. The van der Waals surface area contributed by atoms with Crippen molar-refractivity contribution < 1.29 is 13.6 Å². The van der Waals surface area contributed by atoms with Gasteiger partial charge in [-0.2, -0.15) is 0 Å².